The molecule has 2 aliphatic heterocycles. The minimum atomic E-state index is -0.391. The monoisotopic (exact) mass is 409 g/mol. The first kappa shape index (κ1) is 20.3. The summed E-state index contributed by atoms with van der Waals surface area (Å²) in [7, 11) is 1.77. The van der Waals surface area contributed by atoms with Crippen molar-refractivity contribution in [1.29, 1.82) is 0 Å². The van der Waals surface area contributed by atoms with E-state index in [-0.39, 0.29) is 11.8 Å². The molecular weight excluding hydrogens is 385 g/mol. The van der Waals surface area contributed by atoms with E-state index in [4.69, 9.17) is 4.74 Å². The van der Waals surface area contributed by atoms with E-state index >= 15 is 0 Å². The van der Waals surface area contributed by atoms with Gasteiger partial charge in [-0.05, 0) is 29.8 Å². The molecule has 1 fully saturated rings. The van der Waals surface area contributed by atoms with E-state index < -0.39 is 5.82 Å². The number of hydrogen-bond donors (Lipinski definition) is 0. The van der Waals surface area contributed by atoms with Crippen molar-refractivity contribution in [2.75, 3.05) is 51.3 Å². The van der Waals surface area contributed by atoms with E-state index in [1.54, 1.807) is 24.1 Å². The predicted octanol–water partition coefficient (Wildman–Crippen LogP) is 2.37. The van der Waals surface area contributed by atoms with Gasteiger partial charge in [-0.3, -0.25) is 19.4 Å². The Balaban J connectivity index is 1.66. The maximum absolute atomic E-state index is 13.5. The average molecular weight is 409 g/mol. The lowest BCUT2D eigenvalue weighted by Gasteiger charge is -2.28. The number of carbonyl (C=O) groups is 2. The van der Waals surface area contributed by atoms with Crippen molar-refractivity contribution in [3.05, 3.63) is 71.7 Å². The standard InChI is InChI=1S/C23H24FN3O3/c1-25(19-5-3-2-4-6-19)21-20(17-7-9-18(24)10-8-17)22(28)27(23(21)29)12-11-26-13-15-30-16-14-26/h2-10H,11-16H2,1H3. The number of anilines is 1. The quantitative estimate of drug-likeness (QED) is 0.686. The predicted molar refractivity (Wildman–Crippen MR) is 112 cm³/mol. The number of amides is 2. The Morgan fingerprint density at radius 2 is 1.60 bits per heavy atom. The lowest BCUT2D eigenvalue weighted by Crippen LogP contribution is -2.44. The third-order valence-electron chi connectivity index (χ3n) is 5.50. The molecule has 7 heteroatoms. The van der Waals surface area contributed by atoms with Gasteiger partial charge in [0.1, 0.15) is 11.5 Å². The number of halogens is 1. The number of para-hydroxylation sites is 1. The van der Waals surface area contributed by atoms with Gasteiger partial charge in [-0.15, -0.1) is 0 Å². The van der Waals surface area contributed by atoms with E-state index in [0.717, 1.165) is 18.8 Å². The Bertz CT molecular complexity index is 953. The summed E-state index contributed by atoms with van der Waals surface area (Å²) in [4.78, 5) is 31.9. The lowest BCUT2D eigenvalue weighted by molar-refractivity contribution is -0.137. The van der Waals surface area contributed by atoms with E-state index in [9.17, 15) is 14.0 Å². The number of nitrogens with zero attached hydrogens (tertiary/aromatic N) is 3. The fraction of sp³-hybridized carbons (Fsp3) is 0.304. The molecule has 2 aliphatic rings. The van der Waals surface area contributed by atoms with E-state index in [1.165, 1.54) is 17.0 Å². The van der Waals surface area contributed by atoms with E-state index in [0.29, 0.717) is 43.1 Å². The Morgan fingerprint density at radius 1 is 0.933 bits per heavy atom. The molecule has 0 unspecified atom stereocenters. The smallest absolute Gasteiger partial charge is 0.278 e. The summed E-state index contributed by atoms with van der Waals surface area (Å²) in [6.07, 6.45) is 0. The highest BCUT2D eigenvalue weighted by atomic mass is 19.1. The molecule has 0 aliphatic carbocycles. The molecule has 2 aromatic carbocycles. The fourth-order valence-corrected chi connectivity index (χ4v) is 3.80. The zero-order valence-electron chi connectivity index (χ0n) is 16.9. The van der Waals surface area contributed by atoms with Gasteiger partial charge in [0.15, 0.2) is 0 Å². The van der Waals surface area contributed by atoms with Crippen LogP contribution in [0, 0.1) is 5.82 Å². The number of benzene rings is 2. The topological polar surface area (TPSA) is 53.1 Å². The highest BCUT2D eigenvalue weighted by Crippen LogP contribution is 2.33. The molecule has 0 radical (unpaired) electrons. The van der Waals surface area contributed by atoms with Crippen LogP contribution in [0.2, 0.25) is 0 Å². The number of morpholine rings is 1. The molecule has 1 saturated heterocycles. The van der Waals surface area contributed by atoms with Gasteiger partial charge in [0, 0.05) is 38.9 Å². The third kappa shape index (κ3) is 3.99. The largest absolute Gasteiger partial charge is 0.379 e. The number of likely N-dealkylation sites (N-methyl/N-ethyl adjacent to an activating group) is 1. The van der Waals surface area contributed by atoms with E-state index in [1.807, 2.05) is 30.3 Å². The second kappa shape index (κ2) is 8.77. The highest BCUT2D eigenvalue weighted by molar-refractivity contribution is 6.36. The summed E-state index contributed by atoms with van der Waals surface area (Å²) < 4.78 is 18.8. The first-order valence-electron chi connectivity index (χ1n) is 10.0. The normalized spacial score (nSPS) is 17.7. The second-order valence-corrected chi connectivity index (χ2v) is 7.34. The van der Waals surface area contributed by atoms with Crippen LogP contribution in [0.5, 0.6) is 0 Å². The SMILES string of the molecule is CN(C1=C(c2ccc(F)cc2)C(=O)N(CCN2CCOCC2)C1=O)c1ccccc1. The molecule has 0 spiro atoms. The van der Waals surface area contributed by atoms with Gasteiger partial charge in [0.05, 0.1) is 18.8 Å². The number of carbonyl (C=O) groups excluding carboxylic acids is 2. The van der Waals surface area contributed by atoms with Crippen molar-refractivity contribution in [3.8, 4) is 0 Å². The van der Waals surface area contributed by atoms with Crippen LogP contribution in [0.15, 0.2) is 60.3 Å². The van der Waals surface area contributed by atoms with Gasteiger partial charge in [0.25, 0.3) is 11.8 Å². The molecule has 30 heavy (non-hydrogen) atoms. The van der Waals surface area contributed by atoms with Crippen molar-refractivity contribution in [2.24, 2.45) is 0 Å². The van der Waals surface area contributed by atoms with Crippen LogP contribution in [0.25, 0.3) is 5.57 Å². The first-order chi connectivity index (χ1) is 14.6. The fourth-order valence-electron chi connectivity index (χ4n) is 3.80. The molecule has 0 atom stereocenters. The van der Waals surface area contributed by atoms with Crippen molar-refractivity contribution in [2.45, 2.75) is 0 Å². The van der Waals surface area contributed by atoms with Crippen LogP contribution in [0.3, 0.4) is 0 Å². The van der Waals surface area contributed by atoms with Crippen LogP contribution >= 0.6 is 0 Å². The first-order valence-corrected chi connectivity index (χ1v) is 10.0. The molecule has 0 N–H and O–H groups in total. The molecule has 2 heterocycles. The van der Waals surface area contributed by atoms with Gasteiger partial charge in [-0.25, -0.2) is 4.39 Å². The zero-order chi connectivity index (χ0) is 21.1. The molecule has 0 aromatic heterocycles. The van der Waals surface area contributed by atoms with Crippen LogP contribution < -0.4 is 4.90 Å². The Morgan fingerprint density at radius 3 is 2.27 bits per heavy atom. The third-order valence-corrected chi connectivity index (χ3v) is 5.50. The minimum Gasteiger partial charge on any atom is -0.379 e. The van der Waals surface area contributed by atoms with Gasteiger partial charge >= 0.3 is 0 Å². The zero-order valence-corrected chi connectivity index (χ0v) is 16.9. The summed E-state index contributed by atoms with van der Waals surface area (Å²) in [6.45, 7) is 3.77. The Labute approximate surface area is 175 Å². The van der Waals surface area contributed by atoms with Crippen LogP contribution in [0.1, 0.15) is 5.56 Å². The molecule has 2 aromatic rings. The van der Waals surface area contributed by atoms with Gasteiger partial charge in [0.2, 0.25) is 0 Å². The molecule has 6 nitrogen and oxygen atoms in total. The minimum absolute atomic E-state index is 0.299. The number of rotatable bonds is 6. The Kier molecular flexibility index (Phi) is 5.92. The molecule has 2 amide bonds. The molecule has 4 rings (SSSR count). The summed E-state index contributed by atoms with van der Waals surface area (Å²) in [5, 5.41) is 0. The summed E-state index contributed by atoms with van der Waals surface area (Å²) in [6, 6.07) is 15.1. The lowest BCUT2D eigenvalue weighted by atomic mass is 10.0. The number of imide groups is 1. The van der Waals surface area contributed by atoms with Gasteiger partial charge in [-0.1, -0.05) is 30.3 Å². The molecule has 0 saturated carbocycles. The number of hydrogen-bond acceptors (Lipinski definition) is 5. The summed E-state index contributed by atoms with van der Waals surface area (Å²) in [5.41, 5.74) is 1.93. The van der Waals surface area contributed by atoms with Crippen molar-refractivity contribution < 1.29 is 18.7 Å². The van der Waals surface area contributed by atoms with Crippen LogP contribution in [0.4, 0.5) is 10.1 Å². The van der Waals surface area contributed by atoms with Crippen LogP contribution in [-0.4, -0.2) is 68.1 Å². The van der Waals surface area contributed by atoms with Gasteiger partial charge < -0.3 is 9.64 Å². The summed E-state index contributed by atoms with van der Waals surface area (Å²) in [5.74, 6) is -1.07. The highest BCUT2D eigenvalue weighted by Gasteiger charge is 2.41. The average Bonchev–Trinajstić information content (AvgIpc) is 3.03. The maximum atomic E-state index is 13.5. The Hall–Kier alpha value is -3.03. The molecular formula is C23H24FN3O3. The summed E-state index contributed by atoms with van der Waals surface area (Å²) >= 11 is 0. The van der Waals surface area contributed by atoms with Crippen LogP contribution in [-0.2, 0) is 14.3 Å². The van der Waals surface area contributed by atoms with Crippen molar-refractivity contribution in [3.63, 3.8) is 0 Å². The van der Waals surface area contributed by atoms with Gasteiger partial charge in [-0.2, -0.15) is 0 Å². The van der Waals surface area contributed by atoms with Crippen molar-refractivity contribution >= 4 is 23.1 Å². The molecule has 0 bridgehead atoms. The van der Waals surface area contributed by atoms with Crippen molar-refractivity contribution in [1.82, 2.24) is 9.80 Å². The second-order valence-electron chi connectivity index (χ2n) is 7.34. The maximum Gasteiger partial charge on any atom is 0.278 e. The number of ether oxygens (including phenoxy) is 1. The molecule has 156 valence electrons. The van der Waals surface area contributed by atoms with E-state index in [2.05, 4.69) is 4.90 Å².